The van der Waals surface area contributed by atoms with Crippen molar-refractivity contribution in [2.45, 2.75) is 64.2 Å². The van der Waals surface area contributed by atoms with Crippen LogP contribution in [-0.4, -0.2) is 30.1 Å². The van der Waals surface area contributed by atoms with Crippen LogP contribution in [0.1, 0.15) is 72.5 Å². The first-order valence-electron chi connectivity index (χ1n) is 13.4. The second kappa shape index (κ2) is 10.8. The van der Waals surface area contributed by atoms with E-state index < -0.39 is 6.04 Å². The molecule has 38 heavy (non-hydrogen) atoms. The third-order valence-electron chi connectivity index (χ3n) is 7.54. The number of rotatable bonds is 8. The number of hydrogen-bond donors (Lipinski definition) is 1. The first-order valence-corrected chi connectivity index (χ1v) is 13.4. The number of hydrogen-bond acceptors (Lipinski definition) is 6. The number of nitrogens with zero attached hydrogens (tertiary/aromatic N) is 5. The summed E-state index contributed by atoms with van der Waals surface area (Å²) in [6.07, 6.45) is 7.31. The van der Waals surface area contributed by atoms with Gasteiger partial charge in [-0.05, 0) is 71.0 Å². The number of benzene rings is 2. The molecule has 1 N–H and O–H groups in total. The van der Waals surface area contributed by atoms with E-state index in [1.165, 1.54) is 6.42 Å². The lowest BCUT2D eigenvalue weighted by Gasteiger charge is -2.32. The van der Waals surface area contributed by atoms with Crippen molar-refractivity contribution in [1.82, 2.24) is 30.1 Å². The van der Waals surface area contributed by atoms with Gasteiger partial charge in [-0.2, -0.15) is 0 Å². The van der Waals surface area contributed by atoms with Gasteiger partial charge in [0.05, 0.1) is 18.8 Å². The Balaban J connectivity index is 1.52. The minimum absolute atomic E-state index is 0.135. The molecule has 6 rings (SSSR count). The fraction of sp³-hybridized carbons (Fsp3) is 0.333. The molecule has 1 aliphatic carbocycles. The second-order valence-corrected chi connectivity index (χ2v) is 10.3. The number of aromatic nitrogens is 5. The monoisotopic (exact) mass is 508 g/mol. The summed E-state index contributed by atoms with van der Waals surface area (Å²) in [6.45, 7) is 3.11. The summed E-state index contributed by atoms with van der Waals surface area (Å²) in [6, 6.07) is 22.0. The fourth-order valence-electron chi connectivity index (χ4n) is 5.66. The highest BCUT2D eigenvalue weighted by Gasteiger charge is 2.33. The van der Waals surface area contributed by atoms with E-state index in [2.05, 4.69) is 49.7 Å². The van der Waals surface area contributed by atoms with Crippen molar-refractivity contribution in [2.75, 3.05) is 0 Å². The number of tetrazole rings is 1. The van der Waals surface area contributed by atoms with Crippen LogP contribution in [0.5, 0.6) is 0 Å². The largest absolute Gasteiger partial charge is 0.468 e. The zero-order valence-corrected chi connectivity index (χ0v) is 21.6. The van der Waals surface area contributed by atoms with Crippen molar-refractivity contribution in [2.24, 2.45) is 0 Å². The lowest BCUT2D eigenvalue weighted by molar-refractivity contribution is 0.173. The molecule has 5 aromatic rings. The summed E-state index contributed by atoms with van der Waals surface area (Å²) in [5.41, 5.74) is 3.54. The normalized spacial score (nSPS) is 15.3. The Labute approximate surface area is 221 Å². The average Bonchev–Trinajstić information content (AvgIpc) is 3.63. The molecule has 0 radical (unpaired) electrons. The highest BCUT2D eigenvalue weighted by Crippen LogP contribution is 2.34. The Bertz CT molecular complexity index is 1550. The highest BCUT2D eigenvalue weighted by atomic mass is 16.3. The van der Waals surface area contributed by atoms with E-state index in [-0.39, 0.29) is 11.6 Å². The predicted octanol–water partition coefficient (Wildman–Crippen LogP) is 5.71. The molecule has 2 aromatic carbocycles. The smallest absolute Gasteiger partial charge is 0.253 e. The van der Waals surface area contributed by atoms with E-state index in [0.29, 0.717) is 24.5 Å². The number of aryl methyl sites for hydroxylation is 1. The van der Waals surface area contributed by atoms with Gasteiger partial charge in [0, 0.05) is 17.6 Å². The van der Waals surface area contributed by atoms with Crippen molar-refractivity contribution < 1.29 is 4.42 Å². The summed E-state index contributed by atoms with van der Waals surface area (Å²) in [4.78, 5) is 19.1. The van der Waals surface area contributed by atoms with Crippen molar-refractivity contribution >= 4 is 10.9 Å². The van der Waals surface area contributed by atoms with Gasteiger partial charge in [0.25, 0.3) is 5.56 Å². The molecule has 3 aromatic heterocycles. The average molecular weight is 509 g/mol. The highest BCUT2D eigenvalue weighted by molar-refractivity contribution is 5.79. The van der Waals surface area contributed by atoms with E-state index in [0.717, 1.165) is 53.5 Å². The van der Waals surface area contributed by atoms with Gasteiger partial charge in [0.1, 0.15) is 11.8 Å². The third-order valence-corrected chi connectivity index (χ3v) is 7.54. The zero-order chi connectivity index (χ0) is 25.9. The van der Waals surface area contributed by atoms with Crippen LogP contribution >= 0.6 is 0 Å². The quantitative estimate of drug-likeness (QED) is 0.288. The number of fused-ring (bicyclic) bond motifs is 1. The first kappa shape index (κ1) is 24.3. The number of H-pyrrole nitrogens is 1. The van der Waals surface area contributed by atoms with Gasteiger partial charge in [-0.1, -0.05) is 61.7 Å². The van der Waals surface area contributed by atoms with E-state index in [4.69, 9.17) is 4.42 Å². The minimum Gasteiger partial charge on any atom is -0.468 e. The summed E-state index contributed by atoms with van der Waals surface area (Å²) in [7, 11) is 0. The van der Waals surface area contributed by atoms with Crippen LogP contribution in [0, 0.1) is 6.92 Å². The maximum absolute atomic E-state index is 13.7. The Kier molecular flexibility index (Phi) is 6.88. The molecule has 8 heteroatoms. The van der Waals surface area contributed by atoms with Gasteiger partial charge in [0.15, 0.2) is 5.82 Å². The van der Waals surface area contributed by atoms with Crippen molar-refractivity contribution in [1.29, 1.82) is 0 Å². The number of furan rings is 1. The van der Waals surface area contributed by atoms with Crippen LogP contribution < -0.4 is 5.56 Å². The molecule has 0 aliphatic heterocycles. The summed E-state index contributed by atoms with van der Waals surface area (Å²) in [5.74, 6) is 1.51. The predicted molar refractivity (Wildman–Crippen MR) is 145 cm³/mol. The number of aromatic amines is 1. The molecule has 0 spiro atoms. The van der Waals surface area contributed by atoms with Gasteiger partial charge in [-0.15, -0.1) is 5.10 Å². The summed E-state index contributed by atoms with van der Waals surface area (Å²) < 4.78 is 7.75. The Morgan fingerprint density at radius 3 is 2.66 bits per heavy atom. The molecule has 8 nitrogen and oxygen atoms in total. The molecule has 3 heterocycles. The maximum atomic E-state index is 13.7. The second-order valence-electron chi connectivity index (χ2n) is 10.3. The Hall–Kier alpha value is -4.04. The lowest BCUT2D eigenvalue weighted by Crippen LogP contribution is -2.35. The first-order chi connectivity index (χ1) is 18.7. The molecule has 1 atom stereocenters. The molecule has 0 bridgehead atoms. The zero-order valence-electron chi connectivity index (χ0n) is 21.6. The summed E-state index contributed by atoms with van der Waals surface area (Å²) in [5, 5.41) is 14.2. The Morgan fingerprint density at radius 2 is 1.87 bits per heavy atom. The van der Waals surface area contributed by atoms with E-state index >= 15 is 0 Å². The van der Waals surface area contributed by atoms with Gasteiger partial charge in [-0.3, -0.25) is 9.69 Å². The van der Waals surface area contributed by atoms with E-state index in [1.54, 1.807) is 6.26 Å². The van der Waals surface area contributed by atoms with Gasteiger partial charge < -0.3 is 9.40 Å². The van der Waals surface area contributed by atoms with Crippen LogP contribution in [0.2, 0.25) is 0 Å². The lowest BCUT2D eigenvalue weighted by atomic mass is 9.95. The SMILES string of the molecule is Cc1ccc2cc([C@@H](c3nnnn3C3CCCCC3)N(Cc3ccccc3)Cc3ccco3)c(=O)[nH]c2c1. The molecular weight excluding hydrogens is 476 g/mol. The van der Waals surface area contributed by atoms with Crippen LogP contribution in [-0.2, 0) is 13.1 Å². The molecule has 194 valence electrons. The van der Waals surface area contributed by atoms with Crippen LogP contribution in [0.25, 0.3) is 10.9 Å². The molecule has 1 aliphatic rings. The van der Waals surface area contributed by atoms with E-state index in [1.807, 2.05) is 54.1 Å². The topological polar surface area (TPSA) is 92.8 Å². The molecule has 1 saturated carbocycles. The van der Waals surface area contributed by atoms with Crippen molar-refractivity contribution in [3.05, 3.63) is 112 Å². The maximum Gasteiger partial charge on any atom is 0.253 e. The molecular formula is C30H32N6O2. The number of nitrogens with one attached hydrogen (secondary N) is 1. The van der Waals surface area contributed by atoms with Gasteiger partial charge in [0.2, 0.25) is 0 Å². The molecule has 0 unspecified atom stereocenters. The van der Waals surface area contributed by atoms with Crippen LogP contribution in [0.4, 0.5) is 0 Å². The molecule has 0 saturated heterocycles. The number of pyridine rings is 1. The van der Waals surface area contributed by atoms with Crippen LogP contribution in [0.3, 0.4) is 0 Å². The van der Waals surface area contributed by atoms with Crippen molar-refractivity contribution in [3.8, 4) is 0 Å². The van der Waals surface area contributed by atoms with Gasteiger partial charge >= 0.3 is 0 Å². The molecule has 1 fully saturated rings. The van der Waals surface area contributed by atoms with Crippen molar-refractivity contribution in [3.63, 3.8) is 0 Å². The van der Waals surface area contributed by atoms with Crippen LogP contribution in [0.15, 0.2) is 82.2 Å². The molecule has 0 amide bonds. The summed E-state index contributed by atoms with van der Waals surface area (Å²) >= 11 is 0. The fourth-order valence-corrected chi connectivity index (χ4v) is 5.66. The minimum atomic E-state index is -0.480. The van der Waals surface area contributed by atoms with E-state index in [9.17, 15) is 4.79 Å². The Morgan fingerprint density at radius 1 is 1.03 bits per heavy atom. The standard InChI is InChI=1S/C30H32N6O2/c1-21-14-15-23-18-26(30(37)31-27(23)17-21)28(29-32-33-34-36(29)24-11-6-3-7-12-24)35(20-25-13-8-16-38-25)19-22-9-4-2-5-10-22/h2,4-5,8-10,13-18,24,28H,3,6-7,11-12,19-20H2,1H3,(H,31,37)/t28-/m0/s1. The third kappa shape index (κ3) is 5.04. The van der Waals surface area contributed by atoms with Gasteiger partial charge in [-0.25, -0.2) is 4.68 Å².